The standard InChI is InChI=1S/C51H32N2S2/c1-3-12-33(13-4-1)34-22-24-38(25-23-34)53(39-18-11-17-36(30-39)44-31-37-16-7-8-19-41(37)42-20-9-10-21-43(42)44)40-26-28-47-45(32-40)49-48(54-47)29-27-46-50(49)55-51(52-46)35-14-5-2-6-15-35/h1-32H. The van der Waals surface area contributed by atoms with Gasteiger partial charge in [0.05, 0.1) is 10.2 Å². The van der Waals surface area contributed by atoms with Crippen LogP contribution in [0.4, 0.5) is 17.1 Å². The van der Waals surface area contributed by atoms with Crippen LogP contribution in [0.2, 0.25) is 0 Å². The Kier molecular flexibility index (Phi) is 7.58. The average molecular weight is 737 g/mol. The van der Waals surface area contributed by atoms with Gasteiger partial charge < -0.3 is 4.90 Å². The predicted molar refractivity (Wildman–Crippen MR) is 239 cm³/mol. The molecular formula is C51H32N2S2. The molecule has 0 saturated carbocycles. The third-order valence-corrected chi connectivity index (χ3v) is 12.9. The number of fused-ring (bicyclic) bond motifs is 8. The van der Waals surface area contributed by atoms with Crippen molar-refractivity contribution in [2.75, 3.05) is 4.90 Å². The maximum Gasteiger partial charge on any atom is 0.124 e. The van der Waals surface area contributed by atoms with Crippen LogP contribution in [0.15, 0.2) is 194 Å². The highest BCUT2D eigenvalue weighted by Crippen LogP contribution is 2.46. The lowest BCUT2D eigenvalue weighted by atomic mass is 9.93. The highest BCUT2D eigenvalue weighted by atomic mass is 32.1. The lowest BCUT2D eigenvalue weighted by Gasteiger charge is -2.26. The lowest BCUT2D eigenvalue weighted by Crippen LogP contribution is -2.10. The number of nitrogens with zero attached hydrogens (tertiary/aromatic N) is 2. The van der Waals surface area contributed by atoms with Crippen LogP contribution in [0.3, 0.4) is 0 Å². The fourth-order valence-electron chi connectivity index (χ4n) is 8.06. The highest BCUT2D eigenvalue weighted by Gasteiger charge is 2.19. The van der Waals surface area contributed by atoms with Crippen molar-refractivity contribution in [2.45, 2.75) is 0 Å². The molecule has 0 saturated heterocycles. The first-order valence-corrected chi connectivity index (χ1v) is 20.2. The minimum absolute atomic E-state index is 1.05. The van der Waals surface area contributed by atoms with Crippen LogP contribution in [0, 0.1) is 0 Å². The topological polar surface area (TPSA) is 16.1 Å². The van der Waals surface area contributed by atoms with Crippen LogP contribution < -0.4 is 4.90 Å². The Morgan fingerprint density at radius 3 is 1.84 bits per heavy atom. The predicted octanol–water partition coefficient (Wildman–Crippen LogP) is 15.4. The van der Waals surface area contributed by atoms with Crippen LogP contribution in [0.5, 0.6) is 0 Å². The van der Waals surface area contributed by atoms with Gasteiger partial charge in [-0.05, 0) is 104 Å². The SMILES string of the molecule is c1ccc(-c2ccc(N(c3cccc(-c4cc5ccccc5c5ccccc45)c3)c3ccc4sc5ccc6nc(-c7ccccc7)sc6c5c4c3)cc2)cc1. The first-order valence-electron chi connectivity index (χ1n) is 18.5. The van der Waals surface area contributed by atoms with Gasteiger partial charge in [-0.2, -0.15) is 0 Å². The van der Waals surface area contributed by atoms with E-state index in [-0.39, 0.29) is 0 Å². The Morgan fingerprint density at radius 2 is 1.02 bits per heavy atom. The third kappa shape index (κ3) is 5.49. The van der Waals surface area contributed by atoms with Gasteiger partial charge in [-0.15, -0.1) is 22.7 Å². The molecule has 0 spiro atoms. The molecule has 0 aliphatic heterocycles. The van der Waals surface area contributed by atoms with Crippen LogP contribution in [-0.4, -0.2) is 4.98 Å². The summed E-state index contributed by atoms with van der Waals surface area (Å²) in [6, 6.07) is 70.4. The lowest BCUT2D eigenvalue weighted by molar-refractivity contribution is 1.29. The van der Waals surface area contributed by atoms with Crippen LogP contribution in [0.1, 0.15) is 0 Å². The van der Waals surface area contributed by atoms with Crippen molar-refractivity contribution in [1.82, 2.24) is 4.98 Å². The minimum atomic E-state index is 1.05. The number of hydrogen-bond acceptors (Lipinski definition) is 4. The summed E-state index contributed by atoms with van der Waals surface area (Å²) in [5.41, 5.74) is 10.4. The largest absolute Gasteiger partial charge is 0.310 e. The third-order valence-electron chi connectivity index (χ3n) is 10.7. The Balaban J connectivity index is 1.11. The fraction of sp³-hybridized carbons (Fsp3) is 0. The van der Waals surface area contributed by atoms with E-state index in [0.29, 0.717) is 0 Å². The molecule has 11 rings (SSSR count). The van der Waals surface area contributed by atoms with Gasteiger partial charge in [0.2, 0.25) is 0 Å². The summed E-state index contributed by atoms with van der Waals surface area (Å²) in [5, 5.41) is 8.65. The summed E-state index contributed by atoms with van der Waals surface area (Å²) in [4.78, 5) is 7.51. The minimum Gasteiger partial charge on any atom is -0.310 e. The van der Waals surface area contributed by atoms with Gasteiger partial charge in [-0.3, -0.25) is 0 Å². The maximum atomic E-state index is 5.10. The molecule has 11 aromatic rings. The fourth-order valence-corrected chi connectivity index (χ4v) is 10.4. The number of benzene rings is 9. The first kappa shape index (κ1) is 31.9. The quantitative estimate of drug-likeness (QED) is 0.158. The number of anilines is 3. The van der Waals surface area contributed by atoms with E-state index in [2.05, 4.69) is 199 Å². The van der Waals surface area contributed by atoms with Crippen LogP contribution >= 0.6 is 22.7 Å². The van der Waals surface area contributed by atoms with Gasteiger partial charge in [0.15, 0.2) is 0 Å². The van der Waals surface area contributed by atoms with Crippen LogP contribution in [-0.2, 0) is 0 Å². The molecule has 55 heavy (non-hydrogen) atoms. The number of thiophene rings is 1. The van der Waals surface area contributed by atoms with Gasteiger partial charge in [0.25, 0.3) is 0 Å². The molecule has 2 aromatic heterocycles. The van der Waals surface area contributed by atoms with Gasteiger partial charge in [-0.25, -0.2) is 4.98 Å². The second kappa shape index (κ2) is 13.1. The molecule has 2 nitrogen and oxygen atoms in total. The second-order valence-corrected chi connectivity index (χ2v) is 16.0. The van der Waals surface area contributed by atoms with Crippen molar-refractivity contribution in [3.63, 3.8) is 0 Å². The zero-order valence-corrected chi connectivity index (χ0v) is 31.3. The molecule has 2 heterocycles. The van der Waals surface area contributed by atoms with Crippen molar-refractivity contribution < 1.29 is 0 Å². The molecule has 0 aliphatic rings. The Labute approximate surface area is 326 Å². The van der Waals surface area contributed by atoms with Crippen molar-refractivity contribution in [3.05, 3.63) is 194 Å². The molecular weight excluding hydrogens is 705 g/mol. The average Bonchev–Trinajstić information content (AvgIpc) is 3.86. The molecule has 0 amide bonds. The van der Waals surface area contributed by atoms with E-state index in [1.807, 2.05) is 11.3 Å². The Morgan fingerprint density at radius 1 is 0.382 bits per heavy atom. The number of aromatic nitrogens is 1. The van der Waals surface area contributed by atoms with E-state index >= 15 is 0 Å². The molecule has 0 atom stereocenters. The summed E-state index contributed by atoms with van der Waals surface area (Å²) in [5.74, 6) is 0. The zero-order valence-electron chi connectivity index (χ0n) is 29.7. The summed E-state index contributed by atoms with van der Waals surface area (Å²) in [7, 11) is 0. The number of rotatable bonds is 6. The van der Waals surface area contributed by atoms with Crippen molar-refractivity contribution in [2.24, 2.45) is 0 Å². The molecule has 258 valence electrons. The monoisotopic (exact) mass is 736 g/mol. The van der Waals surface area contributed by atoms with Crippen molar-refractivity contribution >= 4 is 91.7 Å². The van der Waals surface area contributed by atoms with Gasteiger partial charge >= 0.3 is 0 Å². The summed E-state index contributed by atoms with van der Waals surface area (Å²) < 4.78 is 3.80. The van der Waals surface area contributed by atoms with Gasteiger partial charge in [0, 0.05) is 42.8 Å². The van der Waals surface area contributed by atoms with E-state index < -0.39 is 0 Å². The molecule has 9 aromatic carbocycles. The number of thiazole rings is 1. The highest BCUT2D eigenvalue weighted by molar-refractivity contribution is 7.28. The molecule has 0 unspecified atom stereocenters. The molecule has 0 bridgehead atoms. The summed E-state index contributed by atoms with van der Waals surface area (Å²) in [6.07, 6.45) is 0. The first-order chi connectivity index (χ1) is 27.2. The van der Waals surface area contributed by atoms with Crippen molar-refractivity contribution in [3.8, 4) is 32.8 Å². The Hall–Kier alpha value is -6.59. The maximum absolute atomic E-state index is 5.10. The molecule has 0 N–H and O–H groups in total. The summed E-state index contributed by atoms with van der Waals surface area (Å²) >= 11 is 3.64. The zero-order chi connectivity index (χ0) is 36.3. The van der Waals surface area contributed by atoms with Gasteiger partial charge in [-0.1, -0.05) is 133 Å². The second-order valence-electron chi connectivity index (χ2n) is 13.9. The van der Waals surface area contributed by atoms with Gasteiger partial charge in [0.1, 0.15) is 5.01 Å². The Bertz CT molecular complexity index is 3200. The normalized spacial score (nSPS) is 11.6. The van der Waals surface area contributed by atoms with Crippen molar-refractivity contribution in [1.29, 1.82) is 0 Å². The van der Waals surface area contributed by atoms with E-state index in [4.69, 9.17) is 4.98 Å². The number of hydrogen-bond donors (Lipinski definition) is 0. The van der Waals surface area contributed by atoms with E-state index in [0.717, 1.165) is 33.1 Å². The van der Waals surface area contributed by atoms with E-state index in [9.17, 15) is 0 Å². The smallest absolute Gasteiger partial charge is 0.124 e. The summed E-state index contributed by atoms with van der Waals surface area (Å²) in [6.45, 7) is 0. The molecule has 0 aliphatic carbocycles. The molecule has 0 fully saturated rings. The molecule has 0 radical (unpaired) electrons. The molecule has 4 heteroatoms. The van der Waals surface area contributed by atoms with E-state index in [1.54, 1.807) is 11.3 Å². The van der Waals surface area contributed by atoms with E-state index in [1.165, 1.54) is 68.7 Å². The van der Waals surface area contributed by atoms with Crippen LogP contribution in [0.25, 0.3) is 84.8 Å².